The number of hydrogen-bond acceptors (Lipinski definition) is 5. The molecule has 38 heavy (non-hydrogen) atoms. The first-order valence-corrected chi connectivity index (χ1v) is 12.8. The average Bonchev–Trinajstić information content (AvgIpc) is 3.30. The Morgan fingerprint density at radius 1 is 0.974 bits per heavy atom. The van der Waals surface area contributed by atoms with E-state index >= 15 is 0 Å². The van der Waals surface area contributed by atoms with Crippen LogP contribution in [-0.2, 0) is 16.6 Å². The Morgan fingerprint density at radius 2 is 1.63 bits per heavy atom. The van der Waals surface area contributed by atoms with E-state index in [0.29, 0.717) is 27.5 Å². The maximum absolute atomic E-state index is 12.5. The summed E-state index contributed by atoms with van der Waals surface area (Å²) in [6, 6.07) is 16.5. The molecule has 2 N–H and O–H groups in total. The molecular weight excluding hydrogens is 570 g/mol. The number of aromatic carboxylic acids is 1. The number of alkyl halides is 3. The standard InChI is InChI=1S/C24H16Cl2F3N3O5S/c25-19-10-5-16(11-20(19)26)32-22(12-21(31-32)23(33)34)15-3-1-14(2-4-15)13-30-38(35,36)18-8-6-17(7-9-18)37-24(27,28)29/h1-12,30H,13H2,(H,33,34). The lowest BCUT2D eigenvalue weighted by molar-refractivity contribution is -0.274. The van der Waals surface area contributed by atoms with Crippen LogP contribution in [0, 0.1) is 0 Å². The zero-order chi connectivity index (χ0) is 27.7. The van der Waals surface area contributed by atoms with Crippen LogP contribution in [0.4, 0.5) is 13.2 Å². The molecule has 0 saturated carbocycles. The zero-order valence-corrected chi connectivity index (χ0v) is 21.2. The number of carboxylic acid groups (broad SMARTS) is 1. The van der Waals surface area contributed by atoms with Gasteiger partial charge in [-0.15, -0.1) is 13.2 Å². The molecule has 0 aliphatic heterocycles. The maximum atomic E-state index is 12.5. The van der Waals surface area contributed by atoms with Crippen molar-refractivity contribution in [2.24, 2.45) is 0 Å². The van der Waals surface area contributed by atoms with Crippen LogP contribution in [0.1, 0.15) is 16.1 Å². The topological polar surface area (TPSA) is 111 Å². The molecule has 4 aromatic rings. The van der Waals surface area contributed by atoms with Crippen molar-refractivity contribution < 1.29 is 36.2 Å². The molecule has 3 aromatic carbocycles. The van der Waals surface area contributed by atoms with E-state index in [0.717, 1.165) is 24.3 Å². The Balaban J connectivity index is 1.52. The quantitative estimate of drug-likeness (QED) is 0.265. The first-order chi connectivity index (χ1) is 17.8. The second-order valence-corrected chi connectivity index (χ2v) is 10.4. The number of aromatic nitrogens is 2. The normalized spacial score (nSPS) is 11.9. The van der Waals surface area contributed by atoms with Crippen molar-refractivity contribution in [1.82, 2.24) is 14.5 Å². The van der Waals surface area contributed by atoms with E-state index in [1.165, 1.54) is 16.8 Å². The summed E-state index contributed by atoms with van der Waals surface area (Å²) in [7, 11) is -4.03. The summed E-state index contributed by atoms with van der Waals surface area (Å²) in [5.41, 5.74) is 1.87. The maximum Gasteiger partial charge on any atom is 0.573 e. The monoisotopic (exact) mass is 585 g/mol. The van der Waals surface area contributed by atoms with Gasteiger partial charge < -0.3 is 9.84 Å². The largest absolute Gasteiger partial charge is 0.573 e. The lowest BCUT2D eigenvalue weighted by Gasteiger charge is -2.11. The molecule has 4 rings (SSSR count). The molecule has 0 saturated heterocycles. The molecule has 1 aromatic heterocycles. The van der Waals surface area contributed by atoms with Gasteiger partial charge in [0, 0.05) is 12.1 Å². The van der Waals surface area contributed by atoms with Crippen molar-refractivity contribution in [2.75, 3.05) is 0 Å². The van der Waals surface area contributed by atoms with Crippen LogP contribution < -0.4 is 9.46 Å². The molecule has 0 bridgehead atoms. The zero-order valence-electron chi connectivity index (χ0n) is 18.9. The fourth-order valence-electron chi connectivity index (χ4n) is 3.38. The van der Waals surface area contributed by atoms with Gasteiger partial charge in [-0.25, -0.2) is 22.6 Å². The molecule has 8 nitrogen and oxygen atoms in total. The molecule has 14 heteroatoms. The molecule has 0 atom stereocenters. The minimum atomic E-state index is -4.89. The van der Waals surface area contributed by atoms with Crippen molar-refractivity contribution in [1.29, 1.82) is 0 Å². The van der Waals surface area contributed by atoms with Crippen molar-refractivity contribution in [3.8, 4) is 22.7 Å². The van der Waals surface area contributed by atoms with E-state index < -0.39 is 28.1 Å². The summed E-state index contributed by atoms with van der Waals surface area (Å²) >= 11 is 12.1. The molecule has 0 amide bonds. The van der Waals surface area contributed by atoms with Crippen LogP contribution in [0.2, 0.25) is 10.0 Å². The highest BCUT2D eigenvalue weighted by atomic mass is 35.5. The SMILES string of the molecule is O=C(O)c1cc(-c2ccc(CNS(=O)(=O)c3ccc(OC(F)(F)F)cc3)cc2)n(-c2ccc(Cl)c(Cl)c2)n1. The number of halogens is 5. The Labute approximate surface area is 224 Å². The fraction of sp³-hybridized carbons (Fsp3) is 0.0833. The molecular formula is C24H16Cl2F3N3O5S. The third kappa shape index (κ3) is 6.45. The van der Waals surface area contributed by atoms with E-state index in [9.17, 15) is 31.5 Å². The lowest BCUT2D eigenvalue weighted by atomic mass is 10.1. The van der Waals surface area contributed by atoms with E-state index in [-0.39, 0.29) is 22.2 Å². The van der Waals surface area contributed by atoms with Crippen molar-refractivity contribution in [3.05, 3.63) is 94.1 Å². The van der Waals surface area contributed by atoms with Crippen LogP contribution in [0.5, 0.6) is 5.75 Å². The van der Waals surface area contributed by atoms with Gasteiger partial charge in [-0.1, -0.05) is 47.5 Å². The summed E-state index contributed by atoms with van der Waals surface area (Å²) in [6.07, 6.45) is -4.89. The summed E-state index contributed by atoms with van der Waals surface area (Å²) < 4.78 is 69.5. The summed E-state index contributed by atoms with van der Waals surface area (Å²) in [5.74, 6) is -1.77. The molecule has 1 heterocycles. The number of benzene rings is 3. The Hall–Kier alpha value is -3.58. The predicted molar refractivity (Wildman–Crippen MR) is 133 cm³/mol. The van der Waals surface area contributed by atoms with Crippen LogP contribution in [-0.4, -0.2) is 35.6 Å². The highest BCUT2D eigenvalue weighted by Gasteiger charge is 2.31. The second kappa shape index (κ2) is 10.7. The molecule has 0 unspecified atom stereocenters. The van der Waals surface area contributed by atoms with Crippen molar-refractivity contribution >= 4 is 39.2 Å². The number of nitrogens with zero attached hydrogens (tertiary/aromatic N) is 2. The van der Waals surface area contributed by atoms with Crippen LogP contribution in [0.3, 0.4) is 0 Å². The highest BCUT2D eigenvalue weighted by Crippen LogP contribution is 2.29. The summed E-state index contributed by atoms with van der Waals surface area (Å²) in [6.45, 7) is -0.115. The number of carboxylic acids is 1. The number of sulfonamides is 1. The predicted octanol–water partition coefficient (Wildman–Crippen LogP) is 5.92. The first kappa shape index (κ1) is 27.5. The van der Waals surface area contributed by atoms with Gasteiger partial charge in [0.25, 0.3) is 0 Å². The molecule has 0 aliphatic carbocycles. The molecule has 0 spiro atoms. The Bertz CT molecular complexity index is 1590. The molecule has 0 radical (unpaired) electrons. The van der Waals surface area contributed by atoms with E-state index in [2.05, 4.69) is 14.6 Å². The van der Waals surface area contributed by atoms with Gasteiger partial charge in [-0.2, -0.15) is 5.10 Å². The van der Waals surface area contributed by atoms with Gasteiger partial charge in [0.1, 0.15) is 5.75 Å². The van der Waals surface area contributed by atoms with Crippen molar-refractivity contribution in [3.63, 3.8) is 0 Å². The second-order valence-electron chi connectivity index (χ2n) is 7.77. The van der Waals surface area contributed by atoms with Crippen LogP contribution >= 0.6 is 23.2 Å². The van der Waals surface area contributed by atoms with Crippen molar-refractivity contribution in [2.45, 2.75) is 17.8 Å². The van der Waals surface area contributed by atoms with Crippen LogP contribution in [0.15, 0.2) is 77.7 Å². The average molecular weight is 586 g/mol. The van der Waals surface area contributed by atoms with Crippen LogP contribution in [0.25, 0.3) is 16.9 Å². The number of nitrogens with one attached hydrogen (secondary N) is 1. The van der Waals surface area contributed by atoms with Gasteiger partial charge in [0.15, 0.2) is 5.69 Å². The van der Waals surface area contributed by atoms with Gasteiger partial charge in [0.2, 0.25) is 10.0 Å². The molecule has 0 fully saturated rings. The minimum absolute atomic E-state index is 0.115. The summed E-state index contributed by atoms with van der Waals surface area (Å²) in [4.78, 5) is 11.3. The smallest absolute Gasteiger partial charge is 0.476 e. The van der Waals surface area contributed by atoms with Gasteiger partial charge in [-0.05, 0) is 54.1 Å². The number of carbonyl (C=O) groups is 1. The number of ether oxygens (including phenoxy) is 1. The van der Waals surface area contributed by atoms with Gasteiger partial charge >= 0.3 is 12.3 Å². The number of rotatable bonds is 8. The number of hydrogen-bond donors (Lipinski definition) is 2. The lowest BCUT2D eigenvalue weighted by Crippen LogP contribution is -2.23. The van der Waals surface area contributed by atoms with E-state index in [1.54, 1.807) is 36.4 Å². The Morgan fingerprint density at radius 3 is 2.21 bits per heavy atom. The van der Waals surface area contributed by atoms with E-state index in [4.69, 9.17) is 23.2 Å². The first-order valence-electron chi connectivity index (χ1n) is 10.6. The van der Waals surface area contributed by atoms with Gasteiger partial charge in [0.05, 0.1) is 26.3 Å². The highest BCUT2D eigenvalue weighted by molar-refractivity contribution is 7.89. The summed E-state index contributed by atoms with van der Waals surface area (Å²) in [5, 5.41) is 14.1. The Kier molecular flexibility index (Phi) is 7.70. The minimum Gasteiger partial charge on any atom is -0.476 e. The molecule has 198 valence electrons. The third-order valence-electron chi connectivity index (χ3n) is 5.16. The van der Waals surface area contributed by atoms with Gasteiger partial charge in [-0.3, -0.25) is 0 Å². The third-order valence-corrected chi connectivity index (χ3v) is 7.32. The molecule has 0 aliphatic rings. The van der Waals surface area contributed by atoms with E-state index in [1.807, 2.05) is 0 Å². The fourth-order valence-corrected chi connectivity index (χ4v) is 4.69.